The first kappa shape index (κ1) is 18.2. The lowest BCUT2D eigenvalue weighted by Gasteiger charge is -2.34. The van der Waals surface area contributed by atoms with Crippen LogP contribution in [0.5, 0.6) is 0 Å². The van der Waals surface area contributed by atoms with E-state index in [1.54, 1.807) is 4.90 Å². The first-order valence-corrected chi connectivity index (χ1v) is 9.06. The minimum absolute atomic E-state index is 0.0457. The molecule has 1 N–H and O–H groups in total. The van der Waals surface area contributed by atoms with E-state index in [1.165, 1.54) is 12.8 Å². The molecule has 6 heteroatoms. The van der Waals surface area contributed by atoms with Gasteiger partial charge in [0, 0.05) is 38.4 Å². The predicted molar refractivity (Wildman–Crippen MR) is 98.1 cm³/mol. The Morgan fingerprint density at radius 1 is 1.20 bits per heavy atom. The Hall–Kier alpha value is -1.63. The molecular formula is C19H29N3O3. The van der Waals surface area contributed by atoms with Gasteiger partial charge in [0.2, 0.25) is 0 Å². The fourth-order valence-corrected chi connectivity index (χ4v) is 3.63. The highest BCUT2D eigenvalue weighted by Crippen LogP contribution is 2.20. The van der Waals surface area contributed by atoms with Gasteiger partial charge in [-0.3, -0.25) is 4.79 Å². The molecule has 6 nitrogen and oxygen atoms in total. The van der Waals surface area contributed by atoms with Crippen LogP contribution in [-0.4, -0.2) is 86.4 Å². The van der Waals surface area contributed by atoms with Crippen molar-refractivity contribution in [3.63, 3.8) is 0 Å². The molecule has 0 spiro atoms. The molecule has 2 fully saturated rings. The van der Waals surface area contributed by atoms with E-state index in [4.69, 9.17) is 4.74 Å². The molecule has 1 atom stereocenters. The van der Waals surface area contributed by atoms with E-state index in [2.05, 4.69) is 4.90 Å². The van der Waals surface area contributed by atoms with Crippen molar-refractivity contribution in [3.05, 3.63) is 29.8 Å². The van der Waals surface area contributed by atoms with Crippen LogP contribution in [-0.2, 0) is 4.74 Å². The average Bonchev–Trinajstić information content (AvgIpc) is 3.01. The molecule has 2 heterocycles. The predicted octanol–water partition coefficient (Wildman–Crippen LogP) is 1.05. The molecule has 25 heavy (non-hydrogen) atoms. The third-order valence-electron chi connectivity index (χ3n) is 5.00. The first-order valence-electron chi connectivity index (χ1n) is 9.06. The summed E-state index contributed by atoms with van der Waals surface area (Å²) in [6, 6.07) is 7.59. The Morgan fingerprint density at radius 2 is 1.88 bits per heavy atom. The second-order valence-electron chi connectivity index (χ2n) is 7.43. The maximum absolute atomic E-state index is 12.9. The number of benzene rings is 1. The second kappa shape index (κ2) is 7.72. The number of hydrogen-bond donors (Lipinski definition) is 1. The quantitative estimate of drug-likeness (QED) is 0.882. The van der Waals surface area contributed by atoms with Crippen LogP contribution in [0.4, 0.5) is 5.69 Å². The monoisotopic (exact) mass is 347 g/mol. The third kappa shape index (κ3) is 4.51. The molecular weight excluding hydrogens is 318 g/mol. The van der Waals surface area contributed by atoms with Gasteiger partial charge in [0.05, 0.1) is 19.8 Å². The van der Waals surface area contributed by atoms with Crippen LogP contribution < -0.4 is 4.90 Å². The standard InChI is InChI=1S/C19H29N3O3/c1-20(2)17-7-5-16(6-8-17)18(23)22-11-12-25-15-19(24,14-22)13-21-9-3-4-10-21/h5-8,24H,3-4,9-15H2,1-2H3/t19-/m1/s1. The van der Waals surface area contributed by atoms with Crippen molar-refractivity contribution in [3.8, 4) is 0 Å². The zero-order valence-electron chi connectivity index (χ0n) is 15.3. The zero-order chi connectivity index (χ0) is 17.9. The van der Waals surface area contributed by atoms with E-state index < -0.39 is 5.60 Å². The van der Waals surface area contributed by atoms with Gasteiger partial charge in [-0.05, 0) is 50.2 Å². The van der Waals surface area contributed by atoms with Crippen LogP contribution in [0.2, 0.25) is 0 Å². The molecule has 1 aromatic rings. The average molecular weight is 347 g/mol. The maximum atomic E-state index is 12.9. The lowest BCUT2D eigenvalue weighted by atomic mass is 10.0. The molecule has 0 unspecified atom stereocenters. The smallest absolute Gasteiger partial charge is 0.254 e. The van der Waals surface area contributed by atoms with Crippen LogP contribution in [0.3, 0.4) is 0 Å². The van der Waals surface area contributed by atoms with Crippen molar-refractivity contribution in [1.82, 2.24) is 9.80 Å². The number of hydrogen-bond acceptors (Lipinski definition) is 5. The molecule has 1 amide bonds. The number of β-amino-alcohol motifs (C(OH)–C–C–N with tert-alkyl or cyclic N) is 1. The number of anilines is 1. The van der Waals surface area contributed by atoms with Gasteiger partial charge in [-0.2, -0.15) is 0 Å². The second-order valence-corrected chi connectivity index (χ2v) is 7.43. The molecule has 138 valence electrons. The summed E-state index contributed by atoms with van der Waals surface area (Å²) in [5.74, 6) is -0.0457. The van der Waals surface area contributed by atoms with Crippen LogP contribution in [0.15, 0.2) is 24.3 Å². The molecule has 3 rings (SSSR count). The minimum atomic E-state index is -1.000. The summed E-state index contributed by atoms with van der Waals surface area (Å²) in [7, 11) is 3.95. The summed E-state index contributed by atoms with van der Waals surface area (Å²) in [6.45, 7) is 4.17. The Kier molecular flexibility index (Phi) is 5.61. The van der Waals surface area contributed by atoms with Crippen LogP contribution >= 0.6 is 0 Å². The number of carbonyl (C=O) groups is 1. The number of likely N-dealkylation sites (tertiary alicyclic amines) is 1. The summed E-state index contributed by atoms with van der Waals surface area (Å²) < 4.78 is 5.61. The molecule has 2 saturated heterocycles. The normalized spacial score (nSPS) is 25.0. The summed E-state index contributed by atoms with van der Waals surface area (Å²) in [4.78, 5) is 18.9. The molecule has 0 bridgehead atoms. The number of rotatable bonds is 4. The largest absolute Gasteiger partial charge is 0.384 e. The Balaban J connectivity index is 1.69. The highest BCUT2D eigenvalue weighted by molar-refractivity contribution is 5.94. The number of amides is 1. The molecule has 0 radical (unpaired) electrons. The van der Waals surface area contributed by atoms with Gasteiger partial charge in [0.25, 0.3) is 5.91 Å². The van der Waals surface area contributed by atoms with E-state index in [0.717, 1.165) is 18.8 Å². The minimum Gasteiger partial charge on any atom is -0.384 e. The third-order valence-corrected chi connectivity index (χ3v) is 5.00. The molecule has 0 aliphatic carbocycles. The number of carbonyl (C=O) groups excluding carboxylic acids is 1. The highest BCUT2D eigenvalue weighted by Gasteiger charge is 2.36. The van der Waals surface area contributed by atoms with Gasteiger partial charge >= 0.3 is 0 Å². The first-order chi connectivity index (χ1) is 12.0. The lowest BCUT2D eigenvalue weighted by molar-refractivity contribution is -0.0524. The Labute approximate surface area is 150 Å². The van der Waals surface area contributed by atoms with E-state index in [1.807, 2.05) is 43.3 Å². The number of ether oxygens (including phenoxy) is 1. The van der Waals surface area contributed by atoms with E-state index in [9.17, 15) is 9.90 Å². The van der Waals surface area contributed by atoms with Crippen LogP contribution in [0.25, 0.3) is 0 Å². The van der Waals surface area contributed by atoms with Crippen molar-refractivity contribution in [2.24, 2.45) is 0 Å². The molecule has 0 saturated carbocycles. The van der Waals surface area contributed by atoms with E-state index >= 15 is 0 Å². The molecule has 2 aliphatic rings. The topological polar surface area (TPSA) is 56.3 Å². The van der Waals surface area contributed by atoms with Gasteiger partial charge in [-0.1, -0.05) is 0 Å². The summed E-state index contributed by atoms with van der Waals surface area (Å²) in [5, 5.41) is 11.0. The number of nitrogens with zero attached hydrogens (tertiary/aromatic N) is 3. The van der Waals surface area contributed by atoms with Crippen molar-refractivity contribution >= 4 is 11.6 Å². The molecule has 1 aromatic carbocycles. The van der Waals surface area contributed by atoms with Crippen LogP contribution in [0, 0.1) is 0 Å². The van der Waals surface area contributed by atoms with Crippen molar-refractivity contribution in [2.45, 2.75) is 18.4 Å². The Bertz CT molecular complexity index is 584. The van der Waals surface area contributed by atoms with Crippen molar-refractivity contribution in [2.75, 3.05) is 64.9 Å². The van der Waals surface area contributed by atoms with Gasteiger partial charge in [0.1, 0.15) is 5.60 Å². The highest BCUT2D eigenvalue weighted by atomic mass is 16.5. The van der Waals surface area contributed by atoms with Gasteiger partial charge in [0.15, 0.2) is 0 Å². The Morgan fingerprint density at radius 3 is 2.52 bits per heavy atom. The summed E-state index contributed by atoms with van der Waals surface area (Å²) in [6.07, 6.45) is 2.36. The fraction of sp³-hybridized carbons (Fsp3) is 0.632. The molecule has 2 aliphatic heterocycles. The molecule has 0 aromatic heterocycles. The fourth-order valence-electron chi connectivity index (χ4n) is 3.63. The maximum Gasteiger partial charge on any atom is 0.254 e. The van der Waals surface area contributed by atoms with E-state index in [-0.39, 0.29) is 12.5 Å². The summed E-state index contributed by atoms with van der Waals surface area (Å²) in [5.41, 5.74) is 0.706. The van der Waals surface area contributed by atoms with Crippen LogP contribution in [0.1, 0.15) is 23.2 Å². The van der Waals surface area contributed by atoms with Gasteiger partial charge in [-0.25, -0.2) is 0 Å². The van der Waals surface area contributed by atoms with Crippen molar-refractivity contribution < 1.29 is 14.6 Å². The zero-order valence-corrected chi connectivity index (χ0v) is 15.3. The number of aliphatic hydroxyl groups is 1. The van der Waals surface area contributed by atoms with Gasteiger partial charge < -0.3 is 24.5 Å². The summed E-state index contributed by atoms with van der Waals surface area (Å²) >= 11 is 0. The van der Waals surface area contributed by atoms with E-state index in [0.29, 0.717) is 31.8 Å². The van der Waals surface area contributed by atoms with Gasteiger partial charge in [-0.15, -0.1) is 0 Å². The lowest BCUT2D eigenvalue weighted by Crippen LogP contribution is -2.53. The SMILES string of the molecule is CN(C)c1ccc(C(=O)N2CCOC[C@@](O)(CN3CCCC3)C2)cc1. The van der Waals surface area contributed by atoms with Crippen molar-refractivity contribution in [1.29, 1.82) is 0 Å².